The summed E-state index contributed by atoms with van der Waals surface area (Å²) in [5, 5.41) is 10.5. The van der Waals surface area contributed by atoms with Gasteiger partial charge in [-0.05, 0) is 19.3 Å². The van der Waals surface area contributed by atoms with E-state index in [1.54, 1.807) is 18.0 Å². The predicted molar refractivity (Wildman–Crippen MR) is 76.1 cm³/mol. The van der Waals surface area contributed by atoms with Gasteiger partial charge < -0.3 is 16.4 Å². The first kappa shape index (κ1) is 15.6. The third-order valence-corrected chi connectivity index (χ3v) is 3.74. The molecule has 0 aromatic rings. The van der Waals surface area contributed by atoms with Crippen LogP contribution in [0.1, 0.15) is 19.3 Å². The molecule has 106 valence electrons. The molecule has 5 N–H and O–H groups in total. The Balaban J connectivity index is 2.13. The Kier molecular flexibility index (Phi) is 7.07. The molecule has 0 radical (unpaired) electrons. The number of rotatable bonds is 6. The highest BCUT2D eigenvalue weighted by Gasteiger charge is 2.23. The van der Waals surface area contributed by atoms with Crippen molar-refractivity contribution < 1.29 is 4.79 Å². The van der Waals surface area contributed by atoms with Crippen LogP contribution in [0, 0.1) is 11.5 Å². The van der Waals surface area contributed by atoms with Gasteiger partial charge in [0, 0.05) is 18.8 Å². The Morgan fingerprint density at radius 3 is 3.00 bits per heavy atom. The molecule has 0 aliphatic carbocycles. The number of nitrogens with zero attached hydrogens (tertiary/aromatic N) is 3. The molecule has 1 amide bonds. The van der Waals surface area contributed by atoms with Gasteiger partial charge in [0.05, 0.1) is 11.9 Å². The molecule has 7 nitrogen and oxygen atoms in total. The van der Waals surface area contributed by atoms with E-state index in [0.717, 1.165) is 31.0 Å². The molecule has 1 unspecified atom stereocenters. The van der Waals surface area contributed by atoms with Gasteiger partial charge in [-0.3, -0.25) is 15.1 Å². The molecule has 8 heteroatoms. The largest absolute Gasteiger partial charge is 0.369 e. The molecule has 19 heavy (non-hydrogen) atoms. The molecule has 0 aromatic heterocycles. The Hall–Kier alpha value is -1.46. The Morgan fingerprint density at radius 2 is 2.37 bits per heavy atom. The van der Waals surface area contributed by atoms with Gasteiger partial charge in [0.2, 0.25) is 11.9 Å². The van der Waals surface area contributed by atoms with Crippen molar-refractivity contribution in [2.45, 2.75) is 25.3 Å². The van der Waals surface area contributed by atoms with E-state index >= 15 is 0 Å². The van der Waals surface area contributed by atoms with Crippen LogP contribution in [0.15, 0.2) is 4.99 Å². The molecule has 1 heterocycles. The van der Waals surface area contributed by atoms with E-state index < -0.39 is 6.04 Å². The van der Waals surface area contributed by atoms with Gasteiger partial charge >= 0.3 is 0 Å². The van der Waals surface area contributed by atoms with Gasteiger partial charge in [-0.15, -0.1) is 11.8 Å². The summed E-state index contributed by atoms with van der Waals surface area (Å²) < 4.78 is 0. The van der Waals surface area contributed by atoms with Crippen LogP contribution in [-0.2, 0) is 4.79 Å². The van der Waals surface area contributed by atoms with Crippen molar-refractivity contribution in [3.63, 3.8) is 0 Å². The highest BCUT2D eigenvalue weighted by Crippen LogP contribution is 2.15. The minimum Gasteiger partial charge on any atom is -0.369 e. The molecule has 1 fully saturated rings. The number of carbonyl (C=O) groups excluding carboxylic acids is 1. The molecule has 1 rings (SSSR count). The van der Waals surface area contributed by atoms with Crippen molar-refractivity contribution in [1.82, 2.24) is 10.2 Å². The zero-order chi connectivity index (χ0) is 14.1. The first-order chi connectivity index (χ1) is 9.15. The number of guanidine groups is 1. The van der Waals surface area contributed by atoms with Crippen LogP contribution in [0.2, 0.25) is 0 Å². The van der Waals surface area contributed by atoms with E-state index in [4.69, 9.17) is 16.7 Å². The number of hydrogen-bond donors (Lipinski definition) is 3. The maximum Gasteiger partial charge on any atom is 0.240 e. The quantitative estimate of drug-likeness (QED) is 0.197. The van der Waals surface area contributed by atoms with Crippen molar-refractivity contribution in [3.8, 4) is 6.19 Å². The lowest BCUT2D eigenvalue weighted by molar-refractivity contribution is -0.131. The third-order valence-electron chi connectivity index (χ3n) is 2.77. The second-order valence-corrected chi connectivity index (χ2v) is 5.32. The van der Waals surface area contributed by atoms with E-state index in [-0.39, 0.29) is 11.9 Å². The molecule has 0 bridgehead atoms. The average Bonchev–Trinajstić information content (AvgIpc) is 2.91. The molecule has 1 aliphatic heterocycles. The van der Waals surface area contributed by atoms with Crippen LogP contribution in [0.25, 0.3) is 0 Å². The summed E-state index contributed by atoms with van der Waals surface area (Å²) in [6.45, 7) is 1.33. The van der Waals surface area contributed by atoms with Crippen LogP contribution in [0.5, 0.6) is 0 Å². The van der Waals surface area contributed by atoms with Gasteiger partial charge in [-0.1, -0.05) is 0 Å². The number of nitrogens with one attached hydrogen (secondary N) is 1. The van der Waals surface area contributed by atoms with E-state index in [1.807, 2.05) is 4.90 Å². The highest BCUT2D eigenvalue weighted by molar-refractivity contribution is 7.99. The molecular weight excluding hydrogens is 264 g/mol. The standard InChI is InChI=1S/C11H20N6OS/c12-7-16-11(14)15-4-2-1-3-9(13)10(18)17-5-6-19-8-17/h9H,1-6,8,13H2,(H3,14,15,16). The second-order valence-electron chi connectivity index (χ2n) is 4.25. The molecular formula is C11H20N6OS. The first-order valence-corrected chi connectivity index (χ1v) is 7.37. The fourth-order valence-corrected chi connectivity index (χ4v) is 2.67. The smallest absolute Gasteiger partial charge is 0.240 e. The maximum absolute atomic E-state index is 11.9. The van der Waals surface area contributed by atoms with Gasteiger partial charge in [-0.2, -0.15) is 5.26 Å². The number of aliphatic imine (C=N–C) groups is 1. The van der Waals surface area contributed by atoms with E-state index in [2.05, 4.69) is 10.3 Å². The van der Waals surface area contributed by atoms with Crippen molar-refractivity contribution >= 4 is 23.6 Å². The first-order valence-electron chi connectivity index (χ1n) is 6.22. The SMILES string of the molecule is N#CNC(N)=NCCCCC(N)C(=O)N1CCSC1. The van der Waals surface area contributed by atoms with E-state index in [1.165, 1.54) is 0 Å². The lowest BCUT2D eigenvalue weighted by Crippen LogP contribution is -2.42. The van der Waals surface area contributed by atoms with Crippen molar-refractivity contribution in [2.75, 3.05) is 24.7 Å². The van der Waals surface area contributed by atoms with Gasteiger partial charge in [-0.25, -0.2) is 0 Å². The summed E-state index contributed by atoms with van der Waals surface area (Å²) in [7, 11) is 0. The van der Waals surface area contributed by atoms with Gasteiger partial charge in [0.25, 0.3) is 0 Å². The molecule has 1 saturated heterocycles. The Labute approximate surface area is 117 Å². The lowest BCUT2D eigenvalue weighted by Gasteiger charge is -2.19. The van der Waals surface area contributed by atoms with Crippen LogP contribution in [0.3, 0.4) is 0 Å². The third kappa shape index (κ3) is 5.81. The number of thioether (sulfide) groups is 1. The predicted octanol–water partition coefficient (Wildman–Crippen LogP) is -0.598. The number of nitrogens with two attached hydrogens (primary N) is 2. The molecule has 1 aliphatic rings. The highest BCUT2D eigenvalue weighted by atomic mass is 32.2. The van der Waals surface area contributed by atoms with Crippen LogP contribution < -0.4 is 16.8 Å². The minimum atomic E-state index is -0.419. The summed E-state index contributed by atoms with van der Waals surface area (Å²) in [6, 6.07) is -0.419. The summed E-state index contributed by atoms with van der Waals surface area (Å²) in [4.78, 5) is 17.7. The molecule has 1 atom stereocenters. The van der Waals surface area contributed by atoms with Gasteiger partial charge in [0.1, 0.15) is 0 Å². The number of unbranched alkanes of at least 4 members (excludes halogenated alkanes) is 1. The Bertz CT molecular complexity index is 361. The van der Waals surface area contributed by atoms with Crippen molar-refractivity contribution in [1.29, 1.82) is 5.26 Å². The maximum atomic E-state index is 11.9. The fraction of sp³-hybridized carbons (Fsp3) is 0.727. The molecule has 0 spiro atoms. The van der Waals surface area contributed by atoms with Gasteiger partial charge in [0.15, 0.2) is 6.19 Å². The normalized spacial score (nSPS) is 17.1. The topological polar surface area (TPSA) is 121 Å². The van der Waals surface area contributed by atoms with E-state index in [9.17, 15) is 4.79 Å². The van der Waals surface area contributed by atoms with Crippen molar-refractivity contribution in [3.05, 3.63) is 0 Å². The zero-order valence-electron chi connectivity index (χ0n) is 10.8. The summed E-state index contributed by atoms with van der Waals surface area (Å²) in [5.74, 6) is 1.92. The average molecular weight is 284 g/mol. The molecule has 0 aromatic carbocycles. The summed E-state index contributed by atoms with van der Waals surface area (Å²) in [6.07, 6.45) is 3.96. The van der Waals surface area contributed by atoms with Crippen molar-refractivity contribution in [2.24, 2.45) is 16.5 Å². The lowest BCUT2D eigenvalue weighted by atomic mass is 10.1. The zero-order valence-corrected chi connectivity index (χ0v) is 11.7. The van der Waals surface area contributed by atoms with Crippen LogP contribution >= 0.6 is 11.8 Å². The Morgan fingerprint density at radius 1 is 1.58 bits per heavy atom. The minimum absolute atomic E-state index is 0.0409. The summed E-state index contributed by atoms with van der Waals surface area (Å²) in [5.41, 5.74) is 11.3. The second kappa shape index (κ2) is 8.61. The number of carbonyl (C=O) groups is 1. The fourth-order valence-electron chi connectivity index (χ4n) is 1.72. The number of hydrogen-bond acceptors (Lipinski definition) is 5. The van der Waals surface area contributed by atoms with E-state index in [0.29, 0.717) is 13.0 Å². The van der Waals surface area contributed by atoms with Crippen LogP contribution in [-0.4, -0.2) is 47.5 Å². The monoisotopic (exact) mass is 284 g/mol. The number of nitriles is 1. The molecule has 0 saturated carbocycles. The number of amides is 1. The summed E-state index contributed by atoms with van der Waals surface area (Å²) >= 11 is 1.75. The van der Waals surface area contributed by atoms with Crippen LogP contribution in [0.4, 0.5) is 0 Å².